The summed E-state index contributed by atoms with van der Waals surface area (Å²) in [6.45, 7) is 6.57. The van der Waals surface area contributed by atoms with E-state index in [0.29, 0.717) is 5.92 Å². The van der Waals surface area contributed by atoms with Crippen LogP contribution in [0.25, 0.3) is 0 Å². The second kappa shape index (κ2) is 5.90. The van der Waals surface area contributed by atoms with Crippen molar-refractivity contribution in [3.63, 3.8) is 0 Å². The second-order valence-corrected chi connectivity index (χ2v) is 4.27. The Morgan fingerprint density at radius 3 is 2.50 bits per heavy atom. The van der Waals surface area contributed by atoms with Gasteiger partial charge in [-0.1, -0.05) is 40.0 Å². The van der Waals surface area contributed by atoms with Gasteiger partial charge in [-0.2, -0.15) is 0 Å². The molecule has 0 radical (unpaired) electrons. The molecule has 1 aromatic rings. The summed E-state index contributed by atoms with van der Waals surface area (Å²) in [6, 6.07) is 4.24. The summed E-state index contributed by atoms with van der Waals surface area (Å²) < 4.78 is 5.73. The van der Waals surface area contributed by atoms with Crippen LogP contribution < -0.4 is 0 Å². The molecule has 0 aliphatic carbocycles. The minimum absolute atomic E-state index is 0.513. The molecule has 0 aliphatic heterocycles. The van der Waals surface area contributed by atoms with Crippen LogP contribution in [0.3, 0.4) is 0 Å². The molecule has 14 heavy (non-hydrogen) atoms. The van der Waals surface area contributed by atoms with Crippen molar-refractivity contribution in [1.29, 1.82) is 0 Å². The minimum Gasteiger partial charge on any atom is -0.466 e. The van der Waals surface area contributed by atoms with Crippen LogP contribution in [0.2, 0.25) is 0 Å². The van der Waals surface area contributed by atoms with Crippen molar-refractivity contribution in [3.8, 4) is 0 Å². The molecule has 0 aliphatic rings. The van der Waals surface area contributed by atoms with E-state index in [0.717, 1.165) is 17.9 Å². The zero-order chi connectivity index (χ0) is 10.4. The molecular weight excluding hydrogens is 172 g/mol. The Morgan fingerprint density at radius 2 is 1.93 bits per heavy atom. The molecule has 1 nitrogen and oxygen atoms in total. The zero-order valence-electron chi connectivity index (χ0n) is 9.68. The highest BCUT2D eigenvalue weighted by atomic mass is 16.3. The average Bonchev–Trinajstić information content (AvgIpc) is 2.61. The van der Waals surface area contributed by atoms with Gasteiger partial charge in [0.2, 0.25) is 0 Å². The first-order valence-electron chi connectivity index (χ1n) is 5.82. The molecule has 0 fully saturated rings. The van der Waals surface area contributed by atoms with Crippen molar-refractivity contribution in [2.75, 3.05) is 0 Å². The van der Waals surface area contributed by atoms with Gasteiger partial charge in [-0.3, -0.25) is 0 Å². The smallest absolute Gasteiger partial charge is 0.106 e. The van der Waals surface area contributed by atoms with Gasteiger partial charge in [-0.05, 0) is 18.6 Å². The van der Waals surface area contributed by atoms with Crippen molar-refractivity contribution in [2.24, 2.45) is 0 Å². The number of hydrogen-bond donors (Lipinski definition) is 0. The number of furan rings is 1. The lowest BCUT2D eigenvalue weighted by Gasteiger charge is -1.99. The summed E-state index contributed by atoms with van der Waals surface area (Å²) in [5, 5.41) is 0. The van der Waals surface area contributed by atoms with Crippen LogP contribution in [0.1, 0.15) is 63.9 Å². The minimum atomic E-state index is 0.513. The van der Waals surface area contributed by atoms with E-state index >= 15 is 0 Å². The van der Waals surface area contributed by atoms with Crippen LogP contribution in [0.5, 0.6) is 0 Å². The molecule has 0 saturated heterocycles. The first-order chi connectivity index (χ1) is 6.74. The van der Waals surface area contributed by atoms with E-state index in [1.807, 2.05) is 0 Å². The monoisotopic (exact) mass is 194 g/mol. The summed E-state index contributed by atoms with van der Waals surface area (Å²) in [5.74, 6) is 2.79. The Labute approximate surface area is 87.5 Å². The first-order valence-corrected chi connectivity index (χ1v) is 5.82. The van der Waals surface area contributed by atoms with Gasteiger partial charge >= 0.3 is 0 Å². The quantitative estimate of drug-likeness (QED) is 0.606. The highest BCUT2D eigenvalue weighted by Crippen LogP contribution is 2.18. The molecule has 0 N–H and O–H groups in total. The van der Waals surface area contributed by atoms with Gasteiger partial charge in [-0.15, -0.1) is 0 Å². The molecule has 0 spiro atoms. The lowest BCUT2D eigenvalue weighted by Crippen LogP contribution is -1.84. The van der Waals surface area contributed by atoms with Gasteiger partial charge in [0.25, 0.3) is 0 Å². The molecule has 0 aromatic carbocycles. The summed E-state index contributed by atoms with van der Waals surface area (Å²) in [6.07, 6.45) is 6.34. The third-order valence-corrected chi connectivity index (χ3v) is 2.53. The van der Waals surface area contributed by atoms with Gasteiger partial charge in [-0.25, -0.2) is 0 Å². The zero-order valence-corrected chi connectivity index (χ0v) is 9.68. The maximum Gasteiger partial charge on any atom is 0.106 e. The Balaban J connectivity index is 2.29. The van der Waals surface area contributed by atoms with Gasteiger partial charge in [0.15, 0.2) is 0 Å². The Hall–Kier alpha value is -0.720. The highest BCUT2D eigenvalue weighted by molar-refractivity contribution is 5.10. The Kier molecular flexibility index (Phi) is 4.78. The fourth-order valence-corrected chi connectivity index (χ4v) is 1.57. The largest absolute Gasteiger partial charge is 0.466 e. The molecule has 1 rings (SSSR count). The van der Waals surface area contributed by atoms with Gasteiger partial charge < -0.3 is 4.42 Å². The van der Waals surface area contributed by atoms with E-state index in [-0.39, 0.29) is 0 Å². The van der Waals surface area contributed by atoms with Gasteiger partial charge in [0, 0.05) is 12.3 Å². The van der Waals surface area contributed by atoms with E-state index in [1.165, 1.54) is 25.7 Å². The molecular formula is C13H22O. The second-order valence-electron chi connectivity index (χ2n) is 4.27. The summed E-state index contributed by atoms with van der Waals surface area (Å²) >= 11 is 0. The molecule has 0 amide bonds. The first kappa shape index (κ1) is 11.4. The molecule has 1 aromatic heterocycles. The Bertz CT molecular complexity index is 247. The molecule has 1 heterocycles. The Morgan fingerprint density at radius 1 is 1.14 bits per heavy atom. The molecule has 80 valence electrons. The van der Waals surface area contributed by atoms with Crippen LogP contribution in [-0.4, -0.2) is 0 Å². The van der Waals surface area contributed by atoms with Crippen molar-refractivity contribution < 1.29 is 4.42 Å². The SMILES string of the molecule is CCCCCCc1ccc(C(C)C)o1. The molecule has 0 atom stereocenters. The van der Waals surface area contributed by atoms with E-state index < -0.39 is 0 Å². The topological polar surface area (TPSA) is 13.1 Å². The third kappa shape index (κ3) is 3.57. The summed E-state index contributed by atoms with van der Waals surface area (Å²) in [4.78, 5) is 0. The van der Waals surface area contributed by atoms with Crippen molar-refractivity contribution in [2.45, 2.75) is 58.8 Å². The third-order valence-electron chi connectivity index (χ3n) is 2.53. The van der Waals surface area contributed by atoms with Gasteiger partial charge in [0.1, 0.15) is 11.5 Å². The average molecular weight is 194 g/mol. The molecule has 0 bridgehead atoms. The fraction of sp³-hybridized carbons (Fsp3) is 0.692. The molecule has 0 saturated carbocycles. The number of hydrogen-bond acceptors (Lipinski definition) is 1. The maximum atomic E-state index is 5.73. The molecule has 0 unspecified atom stereocenters. The van der Waals surface area contributed by atoms with E-state index in [9.17, 15) is 0 Å². The summed E-state index contributed by atoms with van der Waals surface area (Å²) in [7, 11) is 0. The number of rotatable bonds is 6. The van der Waals surface area contributed by atoms with E-state index in [2.05, 4.69) is 32.9 Å². The predicted molar refractivity (Wildman–Crippen MR) is 60.6 cm³/mol. The lowest BCUT2D eigenvalue weighted by molar-refractivity contribution is 0.440. The lowest BCUT2D eigenvalue weighted by atomic mass is 10.1. The predicted octanol–water partition coefficient (Wildman–Crippen LogP) is 4.53. The summed E-state index contributed by atoms with van der Waals surface area (Å²) in [5.41, 5.74) is 0. The maximum absolute atomic E-state index is 5.73. The van der Waals surface area contributed by atoms with Crippen molar-refractivity contribution in [3.05, 3.63) is 23.7 Å². The van der Waals surface area contributed by atoms with Crippen LogP contribution in [-0.2, 0) is 6.42 Å². The number of aryl methyl sites for hydroxylation is 1. The van der Waals surface area contributed by atoms with Gasteiger partial charge in [0.05, 0.1) is 0 Å². The highest BCUT2D eigenvalue weighted by Gasteiger charge is 2.04. The number of unbranched alkanes of at least 4 members (excludes halogenated alkanes) is 3. The van der Waals surface area contributed by atoms with Crippen LogP contribution in [0, 0.1) is 0 Å². The van der Waals surface area contributed by atoms with E-state index in [4.69, 9.17) is 4.42 Å². The van der Waals surface area contributed by atoms with Crippen LogP contribution in [0.4, 0.5) is 0 Å². The normalized spacial score (nSPS) is 11.1. The molecule has 1 heteroatoms. The van der Waals surface area contributed by atoms with Crippen LogP contribution >= 0.6 is 0 Å². The van der Waals surface area contributed by atoms with Crippen molar-refractivity contribution in [1.82, 2.24) is 0 Å². The van der Waals surface area contributed by atoms with Crippen molar-refractivity contribution >= 4 is 0 Å². The standard InChI is InChI=1S/C13H22O/c1-4-5-6-7-8-12-9-10-13(14-12)11(2)3/h9-11H,4-8H2,1-3H3. The van der Waals surface area contributed by atoms with E-state index in [1.54, 1.807) is 0 Å². The van der Waals surface area contributed by atoms with Crippen LogP contribution in [0.15, 0.2) is 16.5 Å². The fourth-order valence-electron chi connectivity index (χ4n) is 1.57.